The molecule has 128 valence electrons. The van der Waals surface area contributed by atoms with Crippen molar-refractivity contribution in [1.29, 1.82) is 0 Å². The number of nitrogen functional groups attached to an aromatic ring is 1. The lowest BCUT2D eigenvalue weighted by Crippen LogP contribution is -2.30. The summed E-state index contributed by atoms with van der Waals surface area (Å²) in [5, 5.41) is 9.87. The maximum absolute atomic E-state index is 11.8. The largest absolute Gasteiger partial charge is 0.383 e. The number of hydrogen-bond acceptors (Lipinski definition) is 8. The fourth-order valence-corrected chi connectivity index (χ4v) is 4.39. The summed E-state index contributed by atoms with van der Waals surface area (Å²) >= 11 is 2.92. The van der Waals surface area contributed by atoms with Crippen molar-refractivity contribution in [1.82, 2.24) is 20.2 Å². The van der Waals surface area contributed by atoms with Crippen molar-refractivity contribution in [3.63, 3.8) is 0 Å². The van der Waals surface area contributed by atoms with Crippen LogP contribution in [0.3, 0.4) is 0 Å². The quantitative estimate of drug-likeness (QED) is 0.543. The Morgan fingerprint density at radius 3 is 2.88 bits per heavy atom. The van der Waals surface area contributed by atoms with E-state index in [9.17, 15) is 4.79 Å². The summed E-state index contributed by atoms with van der Waals surface area (Å²) in [5.74, 6) is 1.70. The number of anilines is 2. The third kappa shape index (κ3) is 3.42. The van der Waals surface area contributed by atoms with Crippen LogP contribution in [0.2, 0.25) is 0 Å². The van der Waals surface area contributed by atoms with Crippen molar-refractivity contribution >= 4 is 50.9 Å². The molecule has 2 aromatic heterocycles. The van der Waals surface area contributed by atoms with E-state index in [2.05, 4.69) is 20.2 Å². The first-order valence-electron chi connectivity index (χ1n) is 7.89. The Kier molecular flexibility index (Phi) is 4.26. The first-order valence-corrected chi connectivity index (χ1v) is 9.69. The number of fused-ring (bicyclic) bond motifs is 1. The van der Waals surface area contributed by atoms with Crippen LogP contribution in [0.15, 0.2) is 28.6 Å². The van der Waals surface area contributed by atoms with E-state index < -0.39 is 0 Å². The summed E-state index contributed by atoms with van der Waals surface area (Å²) in [6.07, 6.45) is 2.07. The molecule has 0 radical (unpaired) electrons. The molecule has 7 nitrogen and oxygen atoms in total. The number of para-hydroxylation sites is 1. The highest BCUT2D eigenvalue weighted by Crippen LogP contribution is 2.36. The third-order valence-corrected chi connectivity index (χ3v) is 5.91. The summed E-state index contributed by atoms with van der Waals surface area (Å²) in [6, 6.07) is 7.96. The number of nitrogens with two attached hydrogens (primary N) is 1. The van der Waals surface area contributed by atoms with Gasteiger partial charge in [0.25, 0.3) is 0 Å². The lowest BCUT2D eigenvalue weighted by atomic mass is 10.2. The molecule has 1 aromatic carbocycles. The van der Waals surface area contributed by atoms with Crippen LogP contribution in [-0.2, 0) is 10.5 Å². The predicted molar refractivity (Wildman–Crippen MR) is 99.6 cm³/mol. The van der Waals surface area contributed by atoms with E-state index in [4.69, 9.17) is 5.73 Å². The maximum atomic E-state index is 11.8. The van der Waals surface area contributed by atoms with Crippen LogP contribution in [-0.4, -0.2) is 32.1 Å². The van der Waals surface area contributed by atoms with Crippen LogP contribution in [0, 0.1) is 0 Å². The van der Waals surface area contributed by atoms with Gasteiger partial charge in [0, 0.05) is 18.4 Å². The maximum Gasteiger partial charge on any atom is 0.225 e. The van der Waals surface area contributed by atoms with Gasteiger partial charge in [-0.05, 0) is 25.0 Å². The fraction of sp³-hybridized carbons (Fsp3) is 0.312. The summed E-state index contributed by atoms with van der Waals surface area (Å²) in [7, 11) is 0. The van der Waals surface area contributed by atoms with Gasteiger partial charge in [0.05, 0.1) is 11.3 Å². The normalized spacial score (nSPS) is 14.0. The van der Waals surface area contributed by atoms with Gasteiger partial charge in [0.1, 0.15) is 11.6 Å². The van der Waals surface area contributed by atoms with Crippen molar-refractivity contribution < 1.29 is 4.79 Å². The highest BCUT2D eigenvalue weighted by Gasteiger charge is 2.34. The molecule has 3 aromatic rings. The van der Waals surface area contributed by atoms with E-state index in [0.717, 1.165) is 28.1 Å². The second-order valence-electron chi connectivity index (χ2n) is 5.80. The lowest BCUT2D eigenvalue weighted by molar-refractivity contribution is -0.116. The van der Waals surface area contributed by atoms with Gasteiger partial charge in [-0.3, -0.25) is 9.69 Å². The molecule has 0 aliphatic heterocycles. The van der Waals surface area contributed by atoms with Gasteiger partial charge in [-0.1, -0.05) is 35.2 Å². The highest BCUT2D eigenvalue weighted by atomic mass is 32.2. The Labute approximate surface area is 152 Å². The minimum Gasteiger partial charge on any atom is -0.383 e. The standard InChI is InChI=1S/C16H16N6OS2/c1-9(23)22(10-6-7-10)15-20-21-16(25-15)24-8-13-18-12-5-3-2-4-11(12)14(17)19-13/h2-5,10H,6-8H2,1H3,(H2,17,18,19). The Morgan fingerprint density at radius 2 is 2.12 bits per heavy atom. The van der Waals surface area contributed by atoms with Crippen LogP contribution in [0.25, 0.3) is 10.9 Å². The summed E-state index contributed by atoms with van der Waals surface area (Å²) < 4.78 is 0.789. The minimum atomic E-state index is 0.0147. The monoisotopic (exact) mass is 372 g/mol. The Morgan fingerprint density at radius 1 is 1.32 bits per heavy atom. The van der Waals surface area contributed by atoms with Gasteiger partial charge < -0.3 is 5.73 Å². The summed E-state index contributed by atoms with van der Waals surface area (Å²) in [6.45, 7) is 1.57. The molecule has 2 heterocycles. The van der Waals surface area contributed by atoms with Crippen LogP contribution in [0.1, 0.15) is 25.6 Å². The van der Waals surface area contributed by atoms with Gasteiger partial charge in [0.15, 0.2) is 4.34 Å². The van der Waals surface area contributed by atoms with E-state index in [-0.39, 0.29) is 11.9 Å². The van der Waals surface area contributed by atoms with Crippen molar-refractivity contribution in [3.8, 4) is 0 Å². The zero-order valence-electron chi connectivity index (χ0n) is 13.5. The van der Waals surface area contributed by atoms with E-state index in [1.807, 2.05) is 24.3 Å². The topological polar surface area (TPSA) is 97.9 Å². The highest BCUT2D eigenvalue weighted by molar-refractivity contribution is 8.00. The molecule has 0 bridgehead atoms. The van der Waals surface area contributed by atoms with E-state index >= 15 is 0 Å². The molecular formula is C16H16N6OS2. The molecule has 0 saturated heterocycles. The average Bonchev–Trinajstić information content (AvgIpc) is 3.30. The van der Waals surface area contributed by atoms with Crippen molar-refractivity contribution in [2.75, 3.05) is 10.6 Å². The van der Waals surface area contributed by atoms with Gasteiger partial charge >= 0.3 is 0 Å². The molecule has 1 aliphatic rings. The SMILES string of the molecule is CC(=O)N(c1nnc(SCc2nc(N)c3ccccc3n2)s1)C1CC1. The van der Waals surface area contributed by atoms with Crippen LogP contribution in [0.5, 0.6) is 0 Å². The average molecular weight is 372 g/mol. The lowest BCUT2D eigenvalue weighted by Gasteiger charge is -2.15. The Balaban J connectivity index is 1.49. The van der Waals surface area contributed by atoms with Crippen LogP contribution in [0.4, 0.5) is 10.9 Å². The molecule has 0 atom stereocenters. The number of nitrogens with zero attached hydrogens (tertiary/aromatic N) is 5. The number of carbonyl (C=O) groups excluding carboxylic acids is 1. The molecule has 2 N–H and O–H groups in total. The number of amides is 1. The predicted octanol–water partition coefficient (Wildman–Crippen LogP) is 2.87. The first kappa shape index (κ1) is 16.2. The number of rotatable bonds is 5. The van der Waals surface area contributed by atoms with Gasteiger partial charge in [-0.2, -0.15) is 0 Å². The summed E-state index contributed by atoms with van der Waals surface area (Å²) in [4.78, 5) is 22.4. The Hall–Kier alpha value is -2.26. The van der Waals surface area contributed by atoms with Gasteiger partial charge in [-0.25, -0.2) is 9.97 Å². The van der Waals surface area contributed by atoms with Crippen LogP contribution >= 0.6 is 23.1 Å². The van der Waals surface area contributed by atoms with Gasteiger partial charge in [0.2, 0.25) is 11.0 Å². The van der Waals surface area contributed by atoms with E-state index in [0.29, 0.717) is 22.5 Å². The Bertz CT molecular complexity index is 939. The van der Waals surface area contributed by atoms with Crippen molar-refractivity contribution in [2.24, 2.45) is 0 Å². The van der Waals surface area contributed by atoms with E-state index in [1.165, 1.54) is 23.1 Å². The first-order chi connectivity index (χ1) is 12.1. The number of aromatic nitrogens is 4. The van der Waals surface area contributed by atoms with Crippen molar-refractivity contribution in [2.45, 2.75) is 35.9 Å². The molecule has 1 amide bonds. The molecule has 9 heteroatoms. The second-order valence-corrected chi connectivity index (χ2v) is 7.98. The third-order valence-electron chi connectivity index (χ3n) is 3.86. The number of benzene rings is 1. The van der Waals surface area contributed by atoms with E-state index in [1.54, 1.807) is 11.8 Å². The van der Waals surface area contributed by atoms with Crippen molar-refractivity contribution in [3.05, 3.63) is 30.1 Å². The second kappa shape index (κ2) is 6.57. The molecule has 0 unspecified atom stereocenters. The summed E-state index contributed by atoms with van der Waals surface area (Å²) in [5.41, 5.74) is 6.85. The van der Waals surface area contributed by atoms with Gasteiger partial charge in [-0.15, -0.1) is 10.2 Å². The zero-order valence-corrected chi connectivity index (χ0v) is 15.2. The number of thioether (sulfide) groups is 1. The number of hydrogen-bond donors (Lipinski definition) is 1. The minimum absolute atomic E-state index is 0.0147. The molecule has 0 spiro atoms. The molecule has 4 rings (SSSR count). The molecule has 1 aliphatic carbocycles. The fourth-order valence-electron chi connectivity index (χ4n) is 2.58. The molecular weight excluding hydrogens is 356 g/mol. The van der Waals surface area contributed by atoms with Crippen LogP contribution < -0.4 is 10.6 Å². The smallest absolute Gasteiger partial charge is 0.225 e. The molecule has 1 saturated carbocycles. The molecule has 25 heavy (non-hydrogen) atoms. The zero-order chi connectivity index (χ0) is 17.4. The molecule has 1 fully saturated rings. The number of carbonyl (C=O) groups is 1.